The van der Waals surface area contributed by atoms with Gasteiger partial charge in [0.25, 0.3) is 5.91 Å². The third-order valence-corrected chi connectivity index (χ3v) is 3.07. The van der Waals surface area contributed by atoms with Crippen LogP contribution in [0.4, 0.5) is 5.69 Å². The smallest absolute Gasteiger partial charge is 0.259 e. The van der Waals surface area contributed by atoms with Gasteiger partial charge < -0.3 is 10.1 Å². The fourth-order valence-corrected chi connectivity index (χ4v) is 1.94. The van der Waals surface area contributed by atoms with Crippen LogP contribution in [0.25, 0.3) is 0 Å². The van der Waals surface area contributed by atoms with Crippen molar-refractivity contribution in [1.29, 1.82) is 0 Å². The van der Waals surface area contributed by atoms with E-state index in [0.29, 0.717) is 13.0 Å². The predicted octanol–water partition coefficient (Wildman–Crippen LogP) is 2.84. The normalized spacial score (nSPS) is 10.5. The lowest BCUT2D eigenvalue weighted by Gasteiger charge is -2.07. The van der Waals surface area contributed by atoms with Gasteiger partial charge in [-0.15, -0.1) is 0 Å². The monoisotopic (exact) mass is 311 g/mol. The zero-order chi connectivity index (χ0) is 16.3. The van der Waals surface area contributed by atoms with Crippen LogP contribution in [0.3, 0.4) is 0 Å². The third kappa shape index (κ3) is 6.22. The van der Waals surface area contributed by atoms with Crippen molar-refractivity contribution in [3.8, 4) is 5.75 Å². The van der Waals surface area contributed by atoms with E-state index in [0.717, 1.165) is 17.0 Å². The first-order chi connectivity index (χ1) is 11.3. The first-order valence-corrected chi connectivity index (χ1v) is 7.59. The number of carbonyl (C=O) groups is 1. The van der Waals surface area contributed by atoms with Gasteiger partial charge in [-0.05, 0) is 36.8 Å². The number of benzene rings is 2. The predicted molar refractivity (Wildman–Crippen MR) is 92.9 cm³/mol. The second-order valence-electron chi connectivity index (χ2n) is 4.85. The average molecular weight is 311 g/mol. The molecule has 0 saturated carbocycles. The first kappa shape index (κ1) is 16.5. The molecule has 1 amide bonds. The summed E-state index contributed by atoms with van der Waals surface area (Å²) in [6.07, 6.45) is 2.37. The van der Waals surface area contributed by atoms with E-state index < -0.39 is 0 Å². The van der Waals surface area contributed by atoms with Crippen LogP contribution in [0.1, 0.15) is 12.5 Å². The summed E-state index contributed by atoms with van der Waals surface area (Å²) >= 11 is 0. The van der Waals surface area contributed by atoms with Crippen molar-refractivity contribution in [1.82, 2.24) is 5.43 Å². The highest BCUT2D eigenvalue weighted by atomic mass is 16.5. The SMILES string of the molecule is CCOc1ccc(NCC(=O)N/N=C/Cc2ccccc2)cc1. The molecule has 0 bridgehead atoms. The van der Waals surface area contributed by atoms with Gasteiger partial charge in [-0.25, -0.2) is 5.43 Å². The van der Waals surface area contributed by atoms with E-state index in [9.17, 15) is 4.79 Å². The van der Waals surface area contributed by atoms with Gasteiger partial charge >= 0.3 is 0 Å². The molecule has 0 spiro atoms. The molecule has 0 unspecified atom stereocenters. The van der Waals surface area contributed by atoms with Crippen LogP contribution in [-0.4, -0.2) is 25.3 Å². The van der Waals surface area contributed by atoms with Crippen molar-refractivity contribution >= 4 is 17.8 Å². The second kappa shape index (κ2) is 9.25. The molecular weight excluding hydrogens is 290 g/mol. The van der Waals surface area contributed by atoms with E-state index in [1.165, 1.54) is 0 Å². The van der Waals surface area contributed by atoms with Crippen LogP contribution < -0.4 is 15.5 Å². The average Bonchev–Trinajstić information content (AvgIpc) is 2.59. The van der Waals surface area contributed by atoms with Gasteiger partial charge in [-0.2, -0.15) is 5.10 Å². The molecule has 0 aliphatic rings. The second-order valence-corrected chi connectivity index (χ2v) is 4.85. The maximum absolute atomic E-state index is 11.7. The maximum atomic E-state index is 11.7. The number of carbonyl (C=O) groups excluding carboxylic acids is 1. The van der Waals surface area contributed by atoms with Crippen molar-refractivity contribution in [2.24, 2.45) is 5.10 Å². The Morgan fingerprint density at radius 3 is 2.57 bits per heavy atom. The van der Waals surface area contributed by atoms with Crippen molar-refractivity contribution in [2.75, 3.05) is 18.5 Å². The van der Waals surface area contributed by atoms with Crippen LogP contribution in [-0.2, 0) is 11.2 Å². The summed E-state index contributed by atoms with van der Waals surface area (Å²) in [5.41, 5.74) is 4.51. The lowest BCUT2D eigenvalue weighted by atomic mass is 10.2. The van der Waals surface area contributed by atoms with Crippen LogP contribution in [0.2, 0.25) is 0 Å². The number of rotatable bonds is 8. The summed E-state index contributed by atoms with van der Waals surface area (Å²) in [6, 6.07) is 17.4. The first-order valence-electron chi connectivity index (χ1n) is 7.59. The minimum atomic E-state index is -0.191. The van der Waals surface area contributed by atoms with E-state index in [1.54, 1.807) is 6.21 Å². The molecule has 23 heavy (non-hydrogen) atoms. The molecule has 5 heteroatoms. The molecular formula is C18H21N3O2. The standard InChI is InChI=1S/C18H21N3O2/c1-2-23-17-10-8-16(9-11-17)19-14-18(22)21-20-13-12-15-6-4-3-5-7-15/h3-11,13,19H,2,12,14H2,1H3,(H,21,22)/b20-13+. The Bertz CT molecular complexity index is 624. The molecule has 2 aromatic rings. The fourth-order valence-electron chi connectivity index (χ4n) is 1.94. The quantitative estimate of drug-likeness (QED) is 0.582. The molecule has 5 nitrogen and oxygen atoms in total. The Balaban J connectivity index is 1.68. The molecule has 0 atom stereocenters. The third-order valence-electron chi connectivity index (χ3n) is 3.07. The summed E-state index contributed by atoms with van der Waals surface area (Å²) in [6.45, 7) is 2.74. The van der Waals surface area contributed by atoms with E-state index in [2.05, 4.69) is 15.8 Å². The van der Waals surface area contributed by atoms with Gasteiger partial charge in [0.15, 0.2) is 0 Å². The van der Waals surface area contributed by atoms with Crippen molar-refractivity contribution in [3.05, 3.63) is 60.2 Å². The molecule has 2 aromatic carbocycles. The Morgan fingerprint density at radius 2 is 1.87 bits per heavy atom. The number of nitrogens with one attached hydrogen (secondary N) is 2. The number of ether oxygens (including phenoxy) is 1. The highest BCUT2D eigenvalue weighted by Crippen LogP contribution is 2.15. The molecule has 0 saturated heterocycles. The van der Waals surface area contributed by atoms with Gasteiger partial charge in [0, 0.05) is 18.3 Å². The van der Waals surface area contributed by atoms with Crippen LogP contribution in [0.15, 0.2) is 59.7 Å². The highest BCUT2D eigenvalue weighted by molar-refractivity contribution is 5.81. The fraction of sp³-hybridized carbons (Fsp3) is 0.222. The number of hydrazone groups is 1. The van der Waals surface area contributed by atoms with Gasteiger partial charge in [0.2, 0.25) is 0 Å². The molecule has 2 rings (SSSR count). The molecule has 0 radical (unpaired) electrons. The molecule has 0 aromatic heterocycles. The van der Waals surface area contributed by atoms with E-state index in [1.807, 2.05) is 61.5 Å². The lowest BCUT2D eigenvalue weighted by molar-refractivity contribution is -0.119. The lowest BCUT2D eigenvalue weighted by Crippen LogP contribution is -2.25. The highest BCUT2D eigenvalue weighted by Gasteiger charge is 2.00. The Kier molecular flexibility index (Phi) is 6.65. The topological polar surface area (TPSA) is 62.7 Å². The largest absolute Gasteiger partial charge is 0.494 e. The van der Waals surface area contributed by atoms with Gasteiger partial charge in [-0.1, -0.05) is 30.3 Å². The van der Waals surface area contributed by atoms with Crippen molar-refractivity contribution in [3.63, 3.8) is 0 Å². The van der Waals surface area contributed by atoms with E-state index in [4.69, 9.17) is 4.74 Å². The number of hydrogen-bond donors (Lipinski definition) is 2. The Morgan fingerprint density at radius 1 is 1.13 bits per heavy atom. The summed E-state index contributed by atoms with van der Waals surface area (Å²) < 4.78 is 5.36. The van der Waals surface area contributed by atoms with Gasteiger partial charge in [0.1, 0.15) is 5.75 Å². The molecule has 0 fully saturated rings. The minimum Gasteiger partial charge on any atom is -0.494 e. The van der Waals surface area contributed by atoms with Crippen LogP contribution in [0, 0.1) is 0 Å². The zero-order valence-electron chi connectivity index (χ0n) is 13.2. The number of anilines is 1. The maximum Gasteiger partial charge on any atom is 0.259 e. The van der Waals surface area contributed by atoms with Crippen molar-refractivity contribution in [2.45, 2.75) is 13.3 Å². The van der Waals surface area contributed by atoms with E-state index >= 15 is 0 Å². The summed E-state index contributed by atoms with van der Waals surface area (Å²) in [4.78, 5) is 11.7. The van der Waals surface area contributed by atoms with E-state index in [-0.39, 0.29) is 12.5 Å². The molecule has 2 N–H and O–H groups in total. The summed E-state index contributed by atoms with van der Waals surface area (Å²) in [5.74, 6) is 0.621. The zero-order valence-corrected chi connectivity index (χ0v) is 13.2. The van der Waals surface area contributed by atoms with Crippen molar-refractivity contribution < 1.29 is 9.53 Å². The van der Waals surface area contributed by atoms with Crippen LogP contribution >= 0.6 is 0 Å². The molecule has 0 aliphatic heterocycles. The summed E-state index contributed by atoms with van der Waals surface area (Å²) in [5, 5.41) is 6.96. The summed E-state index contributed by atoms with van der Waals surface area (Å²) in [7, 11) is 0. The van der Waals surface area contributed by atoms with Crippen LogP contribution in [0.5, 0.6) is 5.75 Å². The number of nitrogens with zero attached hydrogens (tertiary/aromatic N) is 1. The molecule has 120 valence electrons. The Hall–Kier alpha value is -2.82. The van der Waals surface area contributed by atoms with Gasteiger partial charge in [-0.3, -0.25) is 4.79 Å². The Labute approximate surface area is 136 Å². The number of hydrogen-bond acceptors (Lipinski definition) is 4. The minimum absolute atomic E-state index is 0.163. The molecule has 0 aliphatic carbocycles. The number of amides is 1. The van der Waals surface area contributed by atoms with Gasteiger partial charge in [0.05, 0.1) is 13.2 Å². The molecule has 0 heterocycles.